The third kappa shape index (κ3) is 4.50. The number of anilines is 1. The van der Waals surface area contributed by atoms with Gasteiger partial charge >= 0.3 is 0 Å². The predicted molar refractivity (Wildman–Crippen MR) is 107 cm³/mol. The predicted octanol–water partition coefficient (Wildman–Crippen LogP) is -0.402. The Labute approximate surface area is 170 Å². The van der Waals surface area contributed by atoms with Crippen molar-refractivity contribution in [3.8, 4) is 17.6 Å². The van der Waals surface area contributed by atoms with Crippen molar-refractivity contribution in [2.24, 2.45) is 0 Å². The van der Waals surface area contributed by atoms with E-state index in [4.69, 9.17) is 14.7 Å². The second kappa shape index (κ2) is 8.52. The first-order valence-electron chi connectivity index (χ1n) is 10.00. The van der Waals surface area contributed by atoms with Gasteiger partial charge in [-0.05, 0) is 43.3 Å². The number of amides is 1. The quantitative estimate of drug-likeness (QED) is 0.645. The van der Waals surface area contributed by atoms with Crippen LogP contribution in [0.5, 0.6) is 11.5 Å². The first-order valence-corrected chi connectivity index (χ1v) is 10.00. The molecule has 0 radical (unpaired) electrons. The second-order valence-electron chi connectivity index (χ2n) is 7.68. The van der Waals surface area contributed by atoms with E-state index >= 15 is 0 Å². The summed E-state index contributed by atoms with van der Waals surface area (Å²) in [5, 5.41) is 11.9. The number of piperazine rings is 1. The molecule has 7 heteroatoms. The number of hydrogen-bond acceptors (Lipinski definition) is 4. The van der Waals surface area contributed by atoms with Crippen LogP contribution >= 0.6 is 0 Å². The summed E-state index contributed by atoms with van der Waals surface area (Å²) < 4.78 is 10.8. The number of nitrogens with zero attached hydrogens (tertiary/aromatic N) is 1. The molecule has 0 unspecified atom stereocenters. The third-order valence-corrected chi connectivity index (χ3v) is 5.76. The molecule has 2 aromatic carbocycles. The van der Waals surface area contributed by atoms with Crippen LogP contribution < -0.4 is 24.6 Å². The molecule has 1 atom stereocenters. The summed E-state index contributed by atoms with van der Waals surface area (Å²) in [5.74, 6) is 1.64. The van der Waals surface area contributed by atoms with Gasteiger partial charge < -0.3 is 24.6 Å². The maximum atomic E-state index is 12.6. The number of carbonyl (C=O) groups excluding carboxylic acids is 1. The summed E-state index contributed by atoms with van der Waals surface area (Å²) in [6.07, 6.45) is 0. The molecule has 0 saturated carbocycles. The molecule has 150 valence electrons. The largest absolute Gasteiger partial charge is 0.454 e. The molecule has 1 saturated heterocycles. The standard InChI is InChI=1S/C22H24N4O3/c1-16(22(27)24-19-4-2-3-17(11-19)13-23)26-9-7-25(8-10-26)14-18-5-6-20-21(12-18)29-15-28-20/h2-6,11-12,16H,7-10,14-15H2,1H3,(H,24,27)/p+2/t16-/m0/s1. The van der Waals surface area contributed by atoms with Crippen molar-refractivity contribution in [2.75, 3.05) is 38.3 Å². The summed E-state index contributed by atoms with van der Waals surface area (Å²) in [7, 11) is 0. The molecule has 1 amide bonds. The minimum Gasteiger partial charge on any atom is -0.454 e. The first kappa shape index (κ1) is 19.2. The SMILES string of the molecule is C[C@@H](C(=O)Nc1cccc(C#N)c1)[NH+]1CC[NH+](Cc2ccc3c(c2)OCO3)CC1. The lowest BCUT2D eigenvalue weighted by Gasteiger charge is -2.32. The maximum Gasteiger partial charge on any atom is 0.282 e. The van der Waals surface area contributed by atoms with Gasteiger partial charge in [-0.2, -0.15) is 5.26 Å². The number of rotatable bonds is 5. The van der Waals surface area contributed by atoms with Gasteiger partial charge in [0.05, 0.1) is 11.6 Å². The summed E-state index contributed by atoms with van der Waals surface area (Å²) in [6, 6.07) is 15.1. The molecule has 2 heterocycles. The highest BCUT2D eigenvalue weighted by molar-refractivity contribution is 5.93. The number of hydrogen-bond donors (Lipinski definition) is 3. The van der Waals surface area contributed by atoms with Gasteiger partial charge in [0.25, 0.3) is 5.91 Å². The molecular weight excluding hydrogens is 368 g/mol. The highest BCUT2D eigenvalue weighted by atomic mass is 16.7. The van der Waals surface area contributed by atoms with Gasteiger partial charge in [-0.15, -0.1) is 0 Å². The Kier molecular flexibility index (Phi) is 5.65. The lowest BCUT2D eigenvalue weighted by Crippen LogP contribution is -3.29. The summed E-state index contributed by atoms with van der Waals surface area (Å²) in [6.45, 7) is 7.16. The van der Waals surface area contributed by atoms with Gasteiger partial charge in [-0.3, -0.25) is 4.79 Å². The Morgan fingerprint density at radius 2 is 1.93 bits per heavy atom. The maximum absolute atomic E-state index is 12.6. The van der Waals surface area contributed by atoms with E-state index in [9.17, 15) is 4.79 Å². The summed E-state index contributed by atoms with van der Waals surface area (Å²) in [5.41, 5.74) is 2.46. The molecule has 2 aromatic rings. The topological polar surface area (TPSA) is 80.2 Å². The molecule has 2 aliphatic heterocycles. The number of nitrogens with one attached hydrogen (secondary N) is 3. The molecule has 4 rings (SSSR count). The van der Waals surface area contributed by atoms with E-state index < -0.39 is 0 Å². The molecule has 3 N–H and O–H groups in total. The zero-order valence-corrected chi connectivity index (χ0v) is 16.5. The molecule has 0 spiro atoms. The van der Waals surface area contributed by atoms with Crippen molar-refractivity contribution in [2.45, 2.75) is 19.5 Å². The van der Waals surface area contributed by atoms with E-state index in [1.54, 1.807) is 18.2 Å². The van der Waals surface area contributed by atoms with Crippen LogP contribution in [0.1, 0.15) is 18.1 Å². The number of nitriles is 1. The lowest BCUT2D eigenvalue weighted by atomic mass is 10.1. The highest BCUT2D eigenvalue weighted by Gasteiger charge is 2.31. The van der Waals surface area contributed by atoms with Crippen molar-refractivity contribution in [1.82, 2.24) is 0 Å². The molecular formula is C22H26N4O3+2. The van der Waals surface area contributed by atoms with Crippen LogP contribution in [-0.2, 0) is 11.3 Å². The van der Waals surface area contributed by atoms with Crippen LogP contribution in [0, 0.1) is 11.3 Å². The molecule has 0 aliphatic carbocycles. The molecule has 1 fully saturated rings. The van der Waals surface area contributed by atoms with Crippen LogP contribution in [-0.4, -0.2) is 44.9 Å². The second-order valence-corrected chi connectivity index (χ2v) is 7.68. The fraction of sp³-hybridized carbons (Fsp3) is 0.364. The zero-order valence-electron chi connectivity index (χ0n) is 16.5. The van der Waals surface area contributed by atoms with Gasteiger partial charge in [0.1, 0.15) is 32.7 Å². The zero-order chi connectivity index (χ0) is 20.2. The Hall–Kier alpha value is -3.08. The van der Waals surface area contributed by atoms with E-state index in [0.717, 1.165) is 44.2 Å². The molecule has 0 aromatic heterocycles. The Morgan fingerprint density at radius 1 is 1.14 bits per heavy atom. The van der Waals surface area contributed by atoms with Gasteiger partial charge in [0.2, 0.25) is 6.79 Å². The van der Waals surface area contributed by atoms with E-state index in [2.05, 4.69) is 23.5 Å². The van der Waals surface area contributed by atoms with Crippen LogP contribution in [0.2, 0.25) is 0 Å². The van der Waals surface area contributed by atoms with Gasteiger partial charge in [-0.25, -0.2) is 0 Å². The van der Waals surface area contributed by atoms with Crippen molar-refractivity contribution < 1.29 is 24.1 Å². The van der Waals surface area contributed by atoms with E-state index in [0.29, 0.717) is 18.0 Å². The van der Waals surface area contributed by atoms with Crippen LogP contribution in [0.25, 0.3) is 0 Å². The fourth-order valence-electron chi connectivity index (χ4n) is 3.98. The van der Waals surface area contributed by atoms with Crippen LogP contribution in [0.3, 0.4) is 0 Å². The van der Waals surface area contributed by atoms with E-state index in [1.807, 2.05) is 19.1 Å². The fourth-order valence-corrected chi connectivity index (χ4v) is 3.98. The average molecular weight is 394 g/mol. The van der Waals surface area contributed by atoms with Crippen LogP contribution in [0.4, 0.5) is 5.69 Å². The molecule has 0 bridgehead atoms. The van der Waals surface area contributed by atoms with Crippen molar-refractivity contribution in [3.63, 3.8) is 0 Å². The molecule has 7 nitrogen and oxygen atoms in total. The number of fused-ring (bicyclic) bond motifs is 1. The number of ether oxygens (including phenoxy) is 2. The van der Waals surface area contributed by atoms with E-state index in [1.165, 1.54) is 15.4 Å². The monoisotopic (exact) mass is 394 g/mol. The van der Waals surface area contributed by atoms with Gasteiger partial charge in [-0.1, -0.05) is 6.07 Å². The number of carbonyl (C=O) groups is 1. The molecule has 2 aliphatic rings. The average Bonchev–Trinajstić information content (AvgIpc) is 3.22. The van der Waals surface area contributed by atoms with Gasteiger partial charge in [0, 0.05) is 11.3 Å². The summed E-state index contributed by atoms with van der Waals surface area (Å²) in [4.78, 5) is 15.5. The normalized spacial score (nSPS) is 21.2. The lowest BCUT2D eigenvalue weighted by molar-refractivity contribution is -1.02. The Morgan fingerprint density at radius 3 is 2.72 bits per heavy atom. The van der Waals surface area contributed by atoms with Gasteiger partial charge in [0.15, 0.2) is 17.5 Å². The van der Waals surface area contributed by atoms with Crippen molar-refractivity contribution in [1.29, 1.82) is 5.26 Å². The number of benzene rings is 2. The third-order valence-electron chi connectivity index (χ3n) is 5.76. The minimum atomic E-state index is -0.132. The first-order chi connectivity index (χ1) is 14.1. The summed E-state index contributed by atoms with van der Waals surface area (Å²) >= 11 is 0. The van der Waals surface area contributed by atoms with Crippen molar-refractivity contribution in [3.05, 3.63) is 53.6 Å². The Balaban J connectivity index is 1.28. The smallest absolute Gasteiger partial charge is 0.282 e. The highest BCUT2D eigenvalue weighted by Crippen LogP contribution is 2.32. The van der Waals surface area contributed by atoms with Crippen LogP contribution in [0.15, 0.2) is 42.5 Å². The minimum absolute atomic E-state index is 0.00527. The van der Waals surface area contributed by atoms with Crippen molar-refractivity contribution >= 4 is 11.6 Å². The molecule has 29 heavy (non-hydrogen) atoms. The Bertz CT molecular complexity index is 932. The van der Waals surface area contributed by atoms with E-state index in [-0.39, 0.29) is 11.9 Å². The number of quaternary nitrogens is 2.